The highest BCUT2D eigenvalue weighted by atomic mass is 19.4. The summed E-state index contributed by atoms with van der Waals surface area (Å²) in [5.41, 5.74) is 11.6. The van der Waals surface area contributed by atoms with Gasteiger partial charge in [0, 0.05) is 43.5 Å². The summed E-state index contributed by atoms with van der Waals surface area (Å²) in [6.45, 7) is 8.93. The molecule has 0 bridgehead atoms. The molecule has 0 atom stereocenters. The molecule has 9 aromatic carbocycles. The fourth-order valence-corrected chi connectivity index (χ4v) is 12.5. The number of nitriles is 1. The second-order valence-corrected chi connectivity index (χ2v) is 20.1. The lowest BCUT2D eigenvalue weighted by atomic mass is 9.80. The summed E-state index contributed by atoms with van der Waals surface area (Å²) in [5.74, 6) is 0. The molecule has 0 radical (unpaired) electrons. The fraction of sp³-hybridized carbons (Fsp3) is 0.127. The molecule has 9 heteroatoms. The lowest BCUT2D eigenvalue weighted by molar-refractivity contribution is -0.142. The molecule has 13 rings (SSSR count). The largest absolute Gasteiger partial charge is 0.417 e. The van der Waals surface area contributed by atoms with Gasteiger partial charge in [-0.05, 0) is 116 Å². The second kappa shape index (κ2) is 14.8. The fourth-order valence-electron chi connectivity index (χ4n) is 12.5. The van der Waals surface area contributed by atoms with Gasteiger partial charge in [-0.1, -0.05) is 143 Å². The summed E-state index contributed by atoms with van der Waals surface area (Å²) in [4.78, 5) is 0. The molecule has 72 heavy (non-hydrogen) atoms. The number of nitrogens with zero attached hydrogens (tertiary/aromatic N) is 3. The summed E-state index contributed by atoms with van der Waals surface area (Å²) >= 11 is 0. The molecule has 0 aliphatic heterocycles. The highest BCUT2D eigenvalue weighted by molar-refractivity contribution is 6.16. The van der Waals surface area contributed by atoms with Crippen molar-refractivity contribution in [1.29, 1.82) is 5.26 Å². The van der Waals surface area contributed by atoms with Gasteiger partial charge >= 0.3 is 12.4 Å². The van der Waals surface area contributed by atoms with Crippen molar-refractivity contribution < 1.29 is 26.3 Å². The van der Waals surface area contributed by atoms with Crippen molar-refractivity contribution in [1.82, 2.24) is 9.13 Å². The van der Waals surface area contributed by atoms with E-state index in [1.165, 1.54) is 22.3 Å². The molecule has 0 unspecified atom stereocenters. The Balaban J connectivity index is 1.15. The third-order valence-corrected chi connectivity index (χ3v) is 15.6. The van der Waals surface area contributed by atoms with Crippen LogP contribution < -0.4 is 0 Å². The predicted molar refractivity (Wildman–Crippen MR) is 276 cm³/mol. The molecular formula is C63H41F6N3. The Morgan fingerprint density at radius 1 is 0.417 bits per heavy atom. The van der Waals surface area contributed by atoms with E-state index in [0.29, 0.717) is 28.4 Å². The van der Waals surface area contributed by atoms with Crippen LogP contribution >= 0.6 is 0 Å². The third kappa shape index (κ3) is 5.99. The van der Waals surface area contributed by atoms with E-state index in [1.54, 1.807) is 24.3 Å². The summed E-state index contributed by atoms with van der Waals surface area (Å²) < 4.78 is 91.9. The molecule has 3 nitrogen and oxygen atoms in total. The van der Waals surface area contributed by atoms with Gasteiger partial charge in [0.2, 0.25) is 0 Å². The topological polar surface area (TPSA) is 33.6 Å². The number of aromatic nitrogens is 2. The first-order chi connectivity index (χ1) is 34.5. The van der Waals surface area contributed by atoms with E-state index in [0.717, 1.165) is 77.6 Å². The SMILES string of the molecule is CC1(C)c2ccccc2-c2ccc3c(c21)c1ccccc1n3-c1ccc(C#N)cc1-c1ccc(-c2ccc(C(F)(F)F)cc2C(F)(F)F)cc1-n1c2ccccc2c2c3c(ccc21)-c1ccccc1C3(C)C. The van der Waals surface area contributed by atoms with Crippen molar-refractivity contribution in [2.45, 2.75) is 50.9 Å². The predicted octanol–water partition coefficient (Wildman–Crippen LogP) is 17.7. The molecule has 0 saturated heterocycles. The molecule has 2 aliphatic carbocycles. The average Bonchev–Trinajstić information content (AvgIpc) is 4.04. The quantitative estimate of drug-likeness (QED) is 0.162. The molecule has 11 aromatic rings. The van der Waals surface area contributed by atoms with Crippen molar-refractivity contribution in [2.75, 3.05) is 0 Å². The van der Waals surface area contributed by atoms with Crippen LogP contribution in [0.4, 0.5) is 26.3 Å². The number of hydrogen-bond donors (Lipinski definition) is 0. The van der Waals surface area contributed by atoms with E-state index in [4.69, 9.17) is 0 Å². The molecule has 2 heterocycles. The molecule has 0 fully saturated rings. The van der Waals surface area contributed by atoms with E-state index >= 15 is 13.2 Å². The number of hydrogen-bond acceptors (Lipinski definition) is 1. The molecule has 0 amide bonds. The zero-order chi connectivity index (χ0) is 49.8. The van der Waals surface area contributed by atoms with Crippen LogP contribution in [0.1, 0.15) is 66.6 Å². The highest BCUT2D eigenvalue weighted by Crippen LogP contribution is 2.56. The van der Waals surface area contributed by atoms with Crippen LogP contribution in [-0.4, -0.2) is 9.13 Å². The van der Waals surface area contributed by atoms with E-state index in [9.17, 15) is 18.4 Å². The Bertz CT molecular complexity index is 4210. The Labute approximate surface area is 410 Å². The standard InChI is InChI=1S/C63H41F6N3/c1-60(2)47-17-9-5-13-39(47)42-26-29-53-56(58(42)60)44-15-7-11-19-50(44)71(53)52-28-21-35(34-70)31-46(52)41-24-22-36(38-25-23-37(62(64,65)66)33-49(38)63(67,68)69)32-55(41)72-51-20-12-8-16-45(51)57-54(72)30-27-43-40-14-6-10-18-48(40)61(3,4)59(43)57/h5-33H,1-4H3. The molecular weight excluding hydrogens is 913 g/mol. The van der Waals surface area contributed by atoms with Crippen LogP contribution in [0.2, 0.25) is 0 Å². The minimum atomic E-state index is -5.12. The maximum Gasteiger partial charge on any atom is 0.417 e. The minimum Gasteiger partial charge on any atom is -0.309 e. The van der Waals surface area contributed by atoms with Gasteiger partial charge in [0.1, 0.15) is 0 Å². The van der Waals surface area contributed by atoms with Crippen LogP contribution in [0, 0.1) is 11.3 Å². The molecule has 0 saturated carbocycles. The van der Waals surface area contributed by atoms with Gasteiger partial charge in [-0.3, -0.25) is 0 Å². The number of fused-ring (bicyclic) bond motifs is 14. The second-order valence-electron chi connectivity index (χ2n) is 20.1. The maximum atomic E-state index is 15.1. The van der Waals surface area contributed by atoms with E-state index in [2.05, 4.69) is 122 Å². The van der Waals surface area contributed by atoms with E-state index in [1.807, 2.05) is 54.6 Å². The highest BCUT2D eigenvalue weighted by Gasteiger charge is 2.41. The van der Waals surface area contributed by atoms with Gasteiger partial charge in [0.15, 0.2) is 0 Å². The Kier molecular flexibility index (Phi) is 9.00. The Morgan fingerprint density at radius 2 is 0.917 bits per heavy atom. The molecule has 2 aromatic heterocycles. The van der Waals surface area contributed by atoms with Crippen LogP contribution in [0.15, 0.2) is 176 Å². The summed E-state index contributed by atoms with van der Waals surface area (Å²) in [7, 11) is 0. The van der Waals surface area contributed by atoms with Crippen molar-refractivity contribution >= 4 is 43.6 Å². The Hall–Kier alpha value is -8.35. The molecule has 350 valence electrons. The summed E-state index contributed by atoms with van der Waals surface area (Å²) in [5, 5.41) is 14.6. The Morgan fingerprint density at radius 3 is 1.46 bits per heavy atom. The molecule has 2 aliphatic rings. The van der Waals surface area contributed by atoms with Crippen LogP contribution in [0.3, 0.4) is 0 Å². The smallest absolute Gasteiger partial charge is 0.309 e. The summed E-state index contributed by atoms with van der Waals surface area (Å²) in [6.07, 6.45) is -10.1. The summed E-state index contributed by atoms with van der Waals surface area (Å²) in [6, 6.07) is 56.2. The lowest BCUT2D eigenvalue weighted by Gasteiger charge is -2.23. The van der Waals surface area contributed by atoms with Crippen molar-refractivity contribution in [3.8, 4) is 62.0 Å². The van der Waals surface area contributed by atoms with Gasteiger partial charge in [-0.25, -0.2) is 0 Å². The van der Waals surface area contributed by atoms with Gasteiger partial charge in [0.05, 0.1) is 56.2 Å². The van der Waals surface area contributed by atoms with Crippen LogP contribution in [0.25, 0.3) is 99.5 Å². The van der Waals surface area contributed by atoms with Gasteiger partial charge in [-0.15, -0.1) is 0 Å². The van der Waals surface area contributed by atoms with Gasteiger partial charge in [-0.2, -0.15) is 31.6 Å². The number of rotatable bonds is 4. The first-order valence-corrected chi connectivity index (χ1v) is 23.8. The first kappa shape index (κ1) is 43.7. The molecule has 0 spiro atoms. The van der Waals surface area contributed by atoms with E-state index in [-0.39, 0.29) is 17.0 Å². The first-order valence-electron chi connectivity index (χ1n) is 23.8. The van der Waals surface area contributed by atoms with Crippen molar-refractivity contribution in [3.05, 3.63) is 215 Å². The number of benzene rings is 9. The van der Waals surface area contributed by atoms with Crippen molar-refractivity contribution in [2.24, 2.45) is 0 Å². The van der Waals surface area contributed by atoms with Crippen LogP contribution in [0.5, 0.6) is 0 Å². The van der Waals surface area contributed by atoms with Crippen LogP contribution in [-0.2, 0) is 23.2 Å². The monoisotopic (exact) mass is 953 g/mol. The number of alkyl halides is 6. The number of halogens is 6. The molecule has 0 N–H and O–H groups in total. The lowest BCUT2D eigenvalue weighted by Crippen LogP contribution is -2.15. The van der Waals surface area contributed by atoms with Gasteiger partial charge in [0.25, 0.3) is 0 Å². The minimum absolute atomic E-state index is 0.0711. The zero-order valence-corrected chi connectivity index (χ0v) is 39.4. The van der Waals surface area contributed by atoms with E-state index < -0.39 is 34.5 Å². The van der Waals surface area contributed by atoms with Gasteiger partial charge < -0.3 is 9.13 Å². The zero-order valence-electron chi connectivity index (χ0n) is 39.4. The number of para-hydroxylation sites is 2. The normalized spacial score (nSPS) is 14.5. The van der Waals surface area contributed by atoms with Crippen molar-refractivity contribution in [3.63, 3.8) is 0 Å². The third-order valence-electron chi connectivity index (χ3n) is 15.6. The maximum absolute atomic E-state index is 15.1. The average molecular weight is 954 g/mol.